The van der Waals surface area contributed by atoms with Crippen molar-refractivity contribution in [2.75, 3.05) is 29.9 Å². The van der Waals surface area contributed by atoms with Crippen molar-refractivity contribution in [3.8, 4) is 0 Å². The summed E-state index contributed by atoms with van der Waals surface area (Å²) in [6, 6.07) is 0. The van der Waals surface area contributed by atoms with E-state index in [2.05, 4.69) is 15.3 Å². The number of aryl methyl sites for hydroxylation is 1. The largest absolute Gasteiger partial charge is 0.405 e. The Hall–Kier alpha value is -1.53. The number of nitrogens with zero attached hydrogens (tertiary/aromatic N) is 3. The van der Waals surface area contributed by atoms with Crippen LogP contribution in [-0.2, 0) is 6.42 Å². The molecule has 1 heterocycles. The minimum Gasteiger partial charge on any atom is -0.370 e. The Balaban J connectivity index is 3.22. The van der Waals surface area contributed by atoms with Crippen LogP contribution in [0.25, 0.3) is 0 Å². The van der Waals surface area contributed by atoms with E-state index in [9.17, 15) is 13.2 Å². The van der Waals surface area contributed by atoms with Gasteiger partial charge in [-0.25, -0.2) is 9.97 Å². The summed E-state index contributed by atoms with van der Waals surface area (Å²) in [4.78, 5) is 9.82. The number of nitrogens with one attached hydrogen (secondary N) is 1. The molecule has 1 aromatic rings. The van der Waals surface area contributed by atoms with E-state index in [0.717, 1.165) is 0 Å². The molecule has 0 aliphatic carbocycles. The second-order valence-electron chi connectivity index (χ2n) is 4.45. The number of rotatable bonds is 6. The van der Waals surface area contributed by atoms with Crippen LogP contribution in [0.3, 0.4) is 0 Å². The molecule has 0 unspecified atom stereocenters. The summed E-state index contributed by atoms with van der Waals surface area (Å²) >= 11 is 0. The highest BCUT2D eigenvalue weighted by Gasteiger charge is 2.31. The fourth-order valence-electron chi connectivity index (χ4n) is 1.91. The monoisotopic (exact) mass is 290 g/mol. The van der Waals surface area contributed by atoms with E-state index in [-0.39, 0.29) is 6.54 Å². The summed E-state index contributed by atoms with van der Waals surface area (Å²) in [5, 5.41) is 3.07. The highest BCUT2D eigenvalue weighted by atomic mass is 19.4. The van der Waals surface area contributed by atoms with Crippen LogP contribution in [0.2, 0.25) is 0 Å². The molecule has 0 saturated heterocycles. The molecule has 1 N–H and O–H groups in total. The Morgan fingerprint density at radius 1 is 1.15 bits per heavy atom. The van der Waals surface area contributed by atoms with Gasteiger partial charge in [-0.3, -0.25) is 0 Å². The lowest BCUT2D eigenvalue weighted by Gasteiger charge is -2.26. The molecule has 20 heavy (non-hydrogen) atoms. The summed E-state index contributed by atoms with van der Waals surface area (Å²) in [6.07, 6.45) is -3.67. The molecule has 4 nitrogen and oxygen atoms in total. The van der Waals surface area contributed by atoms with Crippen LogP contribution in [-0.4, -0.2) is 35.8 Å². The Labute approximate surface area is 117 Å². The Morgan fingerprint density at radius 3 is 2.25 bits per heavy atom. The van der Waals surface area contributed by atoms with Crippen molar-refractivity contribution in [3.05, 3.63) is 11.4 Å². The highest BCUT2D eigenvalue weighted by molar-refractivity contribution is 5.58. The van der Waals surface area contributed by atoms with E-state index in [0.29, 0.717) is 36.0 Å². The molecule has 0 saturated carbocycles. The van der Waals surface area contributed by atoms with Crippen LogP contribution in [0.1, 0.15) is 32.2 Å². The van der Waals surface area contributed by atoms with Gasteiger partial charge in [0.1, 0.15) is 24.0 Å². The molecular formula is C13H21F3N4. The van der Waals surface area contributed by atoms with E-state index in [1.165, 1.54) is 4.90 Å². The van der Waals surface area contributed by atoms with Gasteiger partial charge in [0, 0.05) is 25.1 Å². The number of anilines is 2. The van der Waals surface area contributed by atoms with Crippen LogP contribution in [0, 0.1) is 6.92 Å². The van der Waals surface area contributed by atoms with Crippen LogP contribution >= 0.6 is 0 Å². The number of hydrogen-bond donors (Lipinski definition) is 1. The summed E-state index contributed by atoms with van der Waals surface area (Å²) in [5.41, 5.74) is 0.648. The molecule has 1 aromatic heterocycles. The first-order chi connectivity index (χ1) is 9.32. The van der Waals surface area contributed by atoms with Gasteiger partial charge in [0.25, 0.3) is 0 Å². The number of alkyl halides is 3. The van der Waals surface area contributed by atoms with Crippen LogP contribution in [0.4, 0.5) is 24.8 Å². The minimum absolute atomic E-state index is 0.242. The fourth-order valence-corrected chi connectivity index (χ4v) is 1.91. The van der Waals surface area contributed by atoms with Crippen LogP contribution in [0.5, 0.6) is 0 Å². The van der Waals surface area contributed by atoms with Crippen molar-refractivity contribution in [3.63, 3.8) is 0 Å². The van der Waals surface area contributed by atoms with E-state index in [1.54, 1.807) is 13.8 Å². The van der Waals surface area contributed by atoms with Crippen LogP contribution in [0.15, 0.2) is 0 Å². The van der Waals surface area contributed by atoms with Gasteiger partial charge in [-0.1, -0.05) is 6.92 Å². The molecule has 7 heteroatoms. The Morgan fingerprint density at radius 2 is 1.80 bits per heavy atom. The molecule has 0 aromatic carbocycles. The zero-order valence-electron chi connectivity index (χ0n) is 12.3. The zero-order valence-corrected chi connectivity index (χ0v) is 12.3. The highest BCUT2D eigenvalue weighted by Crippen LogP contribution is 2.27. The number of aromatic nitrogens is 2. The molecular weight excluding hydrogens is 269 g/mol. The predicted molar refractivity (Wildman–Crippen MR) is 74.3 cm³/mol. The second kappa shape index (κ2) is 6.76. The minimum atomic E-state index is -4.25. The molecule has 1 rings (SSSR count). The molecule has 114 valence electrons. The van der Waals surface area contributed by atoms with Gasteiger partial charge in [-0.15, -0.1) is 0 Å². The van der Waals surface area contributed by atoms with Gasteiger partial charge in [0.2, 0.25) is 0 Å². The lowest BCUT2D eigenvalue weighted by atomic mass is 10.2. The first-order valence-electron chi connectivity index (χ1n) is 6.75. The second-order valence-corrected chi connectivity index (χ2v) is 4.45. The molecule has 0 bridgehead atoms. The normalized spacial score (nSPS) is 11.6. The average molecular weight is 290 g/mol. The van der Waals surface area contributed by atoms with Crippen molar-refractivity contribution in [1.29, 1.82) is 0 Å². The quantitative estimate of drug-likeness (QED) is 0.873. The summed E-state index contributed by atoms with van der Waals surface area (Å²) in [5.74, 6) is 1.50. The average Bonchev–Trinajstić information content (AvgIpc) is 2.37. The molecule has 0 atom stereocenters. The number of hydrogen-bond acceptors (Lipinski definition) is 4. The topological polar surface area (TPSA) is 41.1 Å². The molecule has 0 amide bonds. The third kappa shape index (κ3) is 4.25. The van der Waals surface area contributed by atoms with Gasteiger partial charge < -0.3 is 10.2 Å². The van der Waals surface area contributed by atoms with Gasteiger partial charge in [-0.05, 0) is 20.8 Å². The van der Waals surface area contributed by atoms with Crippen molar-refractivity contribution in [2.24, 2.45) is 0 Å². The van der Waals surface area contributed by atoms with Gasteiger partial charge in [0.15, 0.2) is 0 Å². The first-order valence-corrected chi connectivity index (χ1v) is 6.75. The molecule has 0 spiro atoms. The van der Waals surface area contributed by atoms with Gasteiger partial charge in [0.05, 0.1) is 0 Å². The van der Waals surface area contributed by atoms with Crippen molar-refractivity contribution in [1.82, 2.24) is 9.97 Å². The third-order valence-corrected chi connectivity index (χ3v) is 2.88. The lowest BCUT2D eigenvalue weighted by Crippen LogP contribution is -2.35. The Kier molecular flexibility index (Phi) is 5.59. The Bertz CT molecular complexity index is 446. The van der Waals surface area contributed by atoms with E-state index in [4.69, 9.17) is 0 Å². The molecule has 0 radical (unpaired) electrons. The van der Waals surface area contributed by atoms with Gasteiger partial charge >= 0.3 is 6.18 Å². The smallest absolute Gasteiger partial charge is 0.370 e. The molecule has 0 fully saturated rings. The maximum Gasteiger partial charge on any atom is 0.405 e. The SMILES string of the molecule is CCNc1nc(CC)nc(N(CC)CC(F)(F)F)c1C. The van der Waals surface area contributed by atoms with Crippen LogP contribution < -0.4 is 10.2 Å². The van der Waals surface area contributed by atoms with E-state index in [1.807, 2.05) is 13.8 Å². The van der Waals surface area contributed by atoms with E-state index >= 15 is 0 Å². The zero-order chi connectivity index (χ0) is 15.3. The summed E-state index contributed by atoms with van der Waals surface area (Å²) in [6.45, 7) is 7.12. The van der Waals surface area contributed by atoms with Crippen molar-refractivity contribution in [2.45, 2.75) is 40.3 Å². The lowest BCUT2D eigenvalue weighted by molar-refractivity contribution is -0.119. The molecule has 0 aliphatic rings. The van der Waals surface area contributed by atoms with Gasteiger partial charge in [-0.2, -0.15) is 13.2 Å². The molecule has 0 aliphatic heterocycles. The predicted octanol–water partition coefficient (Wildman–Crippen LogP) is 3.17. The number of halogens is 3. The summed E-state index contributed by atoms with van der Waals surface area (Å²) in [7, 11) is 0. The van der Waals surface area contributed by atoms with Crippen molar-refractivity contribution < 1.29 is 13.2 Å². The van der Waals surface area contributed by atoms with Crippen molar-refractivity contribution >= 4 is 11.6 Å². The first kappa shape index (κ1) is 16.5. The summed E-state index contributed by atoms with van der Waals surface area (Å²) < 4.78 is 37.9. The standard InChI is InChI=1S/C13H21F3N4/c1-5-10-18-11(17-6-2)9(4)12(19-10)20(7-3)8-13(14,15)16/h5-8H2,1-4H3,(H,17,18,19). The van der Waals surface area contributed by atoms with E-state index < -0.39 is 12.7 Å². The fraction of sp³-hybridized carbons (Fsp3) is 0.692. The third-order valence-electron chi connectivity index (χ3n) is 2.88. The maximum absolute atomic E-state index is 12.6. The maximum atomic E-state index is 12.6.